The molecule has 0 saturated carbocycles. The Hall–Kier alpha value is -0.580. The molecule has 0 heterocycles. The zero-order chi connectivity index (χ0) is 14.1. The number of hydrazine groups is 1. The summed E-state index contributed by atoms with van der Waals surface area (Å²) in [4.78, 5) is 0. The fourth-order valence-corrected chi connectivity index (χ4v) is 2.76. The summed E-state index contributed by atoms with van der Waals surface area (Å²) in [6.45, 7) is 2.24. The Balaban J connectivity index is 2.52. The summed E-state index contributed by atoms with van der Waals surface area (Å²) in [5, 5.41) is 0. The van der Waals surface area contributed by atoms with E-state index in [1.54, 1.807) is 7.11 Å². The van der Waals surface area contributed by atoms with Crippen molar-refractivity contribution in [2.45, 2.75) is 51.5 Å². The first kappa shape index (κ1) is 16.5. The van der Waals surface area contributed by atoms with Crippen LogP contribution in [0.3, 0.4) is 0 Å². The summed E-state index contributed by atoms with van der Waals surface area (Å²) in [5.74, 6) is 6.52. The van der Waals surface area contributed by atoms with Crippen LogP contribution in [0.15, 0.2) is 22.7 Å². The maximum atomic E-state index is 5.67. The molecule has 0 saturated heterocycles. The summed E-state index contributed by atoms with van der Waals surface area (Å²) in [6, 6.07) is 6.33. The van der Waals surface area contributed by atoms with Crippen molar-refractivity contribution in [3.05, 3.63) is 28.2 Å². The maximum absolute atomic E-state index is 5.67. The van der Waals surface area contributed by atoms with E-state index in [0.29, 0.717) is 0 Å². The van der Waals surface area contributed by atoms with Gasteiger partial charge in [0.05, 0.1) is 11.6 Å². The molecule has 0 bridgehead atoms. The number of methoxy groups -OCH3 is 1. The monoisotopic (exact) mass is 328 g/mol. The van der Waals surface area contributed by atoms with E-state index in [9.17, 15) is 0 Å². The highest BCUT2D eigenvalue weighted by molar-refractivity contribution is 9.10. The first-order valence-electron chi connectivity index (χ1n) is 7.02. The van der Waals surface area contributed by atoms with Gasteiger partial charge >= 0.3 is 0 Å². The smallest absolute Gasteiger partial charge is 0.133 e. The lowest BCUT2D eigenvalue weighted by Gasteiger charge is -2.17. The first-order chi connectivity index (χ1) is 9.22. The highest BCUT2D eigenvalue weighted by Crippen LogP contribution is 2.29. The molecule has 0 fully saturated rings. The van der Waals surface area contributed by atoms with Gasteiger partial charge in [0.25, 0.3) is 0 Å². The molecule has 0 aromatic heterocycles. The average Bonchev–Trinajstić information content (AvgIpc) is 2.43. The van der Waals surface area contributed by atoms with E-state index >= 15 is 0 Å². The van der Waals surface area contributed by atoms with Crippen LogP contribution < -0.4 is 16.0 Å². The number of rotatable bonds is 9. The van der Waals surface area contributed by atoms with Gasteiger partial charge in [-0.15, -0.1) is 0 Å². The summed E-state index contributed by atoms with van der Waals surface area (Å²) >= 11 is 3.51. The molecular weight excluding hydrogens is 304 g/mol. The van der Waals surface area contributed by atoms with Crippen LogP contribution in [0.2, 0.25) is 0 Å². The second kappa shape index (κ2) is 9.34. The minimum absolute atomic E-state index is 0.212. The Bertz CT molecular complexity index is 371. The van der Waals surface area contributed by atoms with E-state index in [4.69, 9.17) is 10.6 Å². The molecule has 108 valence electrons. The average molecular weight is 329 g/mol. The van der Waals surface area contributed by atoms with Gasteiger partial charge in [0, 0.05) is 6.04 Å². The number of unbranched alkanes of at least 4 members (excludes halogenated alkanes) is 4. The molecule has 19 heavy (non-hydrogen) atoms. The van der Waals surface area contributed by atoms with Crippen LogP contribution in [0.1, 0.15) is 57.1 Å². The molecule has 1 unspecified atom stereocenters. The lowest BCUT2D eigenvalue weighted by Crippen LogP contribution is -2.28. The largest absolute Gasteiger partial charge is 0.496 e. The molecule has 0 aliphatic carbocycles. The zero-order valence-electron chi connectivity index (χ0n) is 11.9. The number of halogens is 1. The third-order valence-electron chi connectivity index (χ3n) is 3.38. The van der Waals surface area contributed by atoms with E-state index in [-0.39, 0.29) is 6.04 Å². The van der Waals surface area contributed by atoms with Crippen molar-refractivity contribution in [2.75, 3.05) is 7.11 Å². The molecule has 1 rings (SSSR count). The summed E-state index contributed by atoms with van der Waals surface area (Å²) in [5.41, 5.74) is 4.11. The minimum Gasteiger partial charge on any atom is -0.496 e. The Kier molecular flexibility index (Phi) is 8.10. The van der Waals surface area contributed by atoms with Gasteiger partial charge in [-0.25, -0.2) is 0 Å². The molecule has 0 aliphatic heterocycles. The Morgan fingerprint density at radius 3 is 2.58 bits per heavy atom. The van der Waals surface area contributed by atoms with E-state index in [0.717, 1.165) is 16.6 Å². The Labute approximate surface area is 125 Å². The van der Waals surface area contributed by atoms with Gasteiger partial charge in [-0.1, -0.05) is 45.1 Å². The number of nitrogens with one attached hydrogen (secondary N) is 1. The van der Waals surface area contributed by atoms with E-state index in [1.165, 1.54) is 37.7 Å². The summed E-state index contributed by atoms with van der Waals surface area (Å²) < 4.78 is 6.21. The van der Waals surface area contributed by atoms with Crippen molar-refractivity contribution in [2.24, 2.45) is 5.84 Å². The topological polar surface area (TPSA) is 47.3 Å². The molecule has 3 N–H and O–H groups in total. The molecule has 0 amide bonds. The highest BCUT2D eigenvalue weighted by atomic mass is 79.9. The van der Waals surface area contributed by atoms with E-state index in [1.807, 2.05) is 6.07 Å². The van der Waals surface area contributed by atoms with Crippen LogP contribution >= 0.6 is 15.9 Å². The summed E-state index contributed by atoms with van der Waals surface area (Å²) in [6.07, 6.45) is 7.49. The SMILES string of the molecule is CCCCCCCC(NN)c1ccc(OC)c(Br)c1. The number of ether oxygens (including phenoxy) is 1. The molecule has 4 heteroatoms. The molecule has 1 aromatic carbocycles. The van der Waals surface area contributed by atoms with Crippen LogP contribution in [-0.2, 0) is 0 Å². The number of benzene rings is 1. The Morgan fingerprint density at radius 1 is 1.26 bits per heavy atom. The van der Waals surface area contributed by atoms with Crippen molar-refractivity contribution >= 4 is 15.9 Å². The first-order valence-corrected chi connectivity index (χ1v) is 7.81. The number of hydrogen-bond acceptors (Lipinski definition) is 3. The normalized spacial score (nSPS) is 12.4. The zero-order valence-corrected chi connectivity index (χ0v) is 13.5. The van der Waals surface area contributed by atoms with Crippen molar-refractivity contribution < 1.29 is 4.74 Å². The fourth-order valence-electron chi connectivity index (χ4n) is 2.20. The van der Waals surface area contributed by atoms with Crippen LogP contribution in [0, 0.1) is 0 Å². The third-order valence-corrected chi connectivity index (χ3v) is 4.00. The summed E-state index contributed by atoms with van der Waals surface area (Å²) in [7, 11) is 1.67. The van der Waals surface area contributed by atoms with Gasteiger partial charge in [-0.3, -0.25) is 11.3 Å². The van der Waals surface area contributed by atoms with Crippen molar-refractivity contribution in [3.63, 3.8) is 0 Å². The minimum atomic E-state index is 0.212. The van der Waals surface area contributed by atoms with Gasteiger partial charge in [-0.2, -0.15) is 0 Å². The van der Waals surface area contributed by atoms with Crippen molar-refractivity contribution in [3.8, 4) is 5.75 Å². The van der Waals surface area contributed by atoms with Crippen molar-refractivity contribution in [1.82, 2.24) is 5.43 Å². The van der Waals surface area contributed by atoms with Crippen molar-refractivity contribution in [1.29, 1.82) is 0 Å². The number of hydrogen-bond donors (Lipinski definition) is 2. The molecule has 0 spiro atoms. The van der Waals surface area contributed by atoms with Gasteiger partial charge in [0.15, 0.2) is 0 Å². The lowest BCUT2D eigenvalue weighted by atomic mass is 10.0. The van der Waals surface area contributed by atoms with Gasteiger partial charge in [0.1, 0.15) is 5.75 Å². The molecule has 0 radical (unpaired) electrons. The lowest BCUT2D eigenvalue weighted by molar-refractivity contribution is 0.411. The van der Waals surface area contributed by atoms with E-state index in [2.05, 4.69) is 40.4 Å². The van der Waals surface area contributed by atoms with Gasteiger partial charge in [-0.05, 0) is 40.0 Å². The second-order valence-corrected chi connectivity index (χ2v) is 5.67. The third kappa shape index (κ3) is 5.51. The fraction of sp³-hybridized carbons (Fsp3) is 0.600. The molecule has 0 aliphatic rings. The van der Waals surface area contributed by atoms with Gasteiger partial charge in [0.2, 0.25) is 0 Å². The molecule has 3 nitrogen and oxygen atoms in total. The molecule has 1 atom stereocenters. The van der Waals surface area contributed by atoms with Crippen LogP contribution in [-0.4, -0.2) is 7.11 Å². The predicted octanol–water partition coefficient (Wildman–Crippen LogP) is 4.32. The number of nitrogens with two attached hydrogens (primary N) is 1. The van der Waals surface area contributed by atoms with Crippen LogP contribution in [0.4, 0.5) is 0 Å². The van der Waals surface area contributed by atoms with E-state index < -0.39 is 0 Å². The Morgan fingerprint density at radius 2 is 2.00 bits per heavy atom. The quantitative estimate of drug-likeness (QED) is 0.403. The maximum Gasteiger partial charge on any atom is 0.133 e. The second-order valence-electron chi connectivity index (χ2n) is 4.82. The van der Waals surface area contributed by atoms with Crippen LogP contribution in [0.25, 0.3) is 0 Å². The van der Waals surface area contributed by atoms with Gasteiger partial charge < -0.3 is 4.74 Å². The highest BCUT2D eigenvalue weighted by Gasteiger charge is 2.11. The molecular formula is C15H25BrN2O. The standard InChI is InChI=1S/C15H25BrN2O/c1-3-4-5-6-7-8-14(18-17)12-9-10-15(19-2)13(16)11-12/h9-11,14,18H,3-8,17H2,1-2H3. The molecule has 1 aromatic rings. The van der Waals surface area contributed by atoms with Crippen LogP contribution in [0.5, 0.6) is 5.75 Å². The predicted molar refractivity (Wildman–Crippen MR) is 84.1 cm³/mol.